The molecule has 118 valence electrons. The van der Waals surface area contributed by atoms with E-state index in [4.69, 9.17) is 18.9 Å². The van der Waals surface area contributed by atoms with E-state index in [0.717, 1.165) is 11.3 Å². The Morgan fingerprint density at radius 3 is 2.87 bits per heavy atom. The fraction of sp³-hybridized carbons (Fsp3) is 0.235. The highest BCUT2D eigenvalue weighted by atomic mass is 16.7. The molecule has 6 nitrogen and oxygen atoms in total. The second kappa shape index (κ2) is 5.39. The molecule has 2 heterocycles. The Morgan fingerprint density at radius 1 is 1.13 bits per heavy atom. The molecule has 0 fully saturated rings. The van der Waals surface area contributed by atoms with Gasteiger partial charge in [-0.25, -0.2) is 0 Å². The van der Waals surface area contributed by atoms with Crippen LogP contribution in [0.4, 0.5) is 0 Å². The number of carbonyl (C=O) groups excluding carboxylic acids is 1. The van der Waals surface area contributed by atoms with Crippen LogP contribution >= 0.6 is 0 Å². The van der Waals surface area contributed by atoms with Crippen molar-refractivity contribution in [2.75, 3.05) is 20.6 Å². The number of hydrogen-bond donors (Lipinski definition) is 0. The molecule has 2 aliphatic rings. The molecule has 0 unspecified atom stereocenters. The van der Waals surface area contributed by atoms with Crippen LogP contribution in [0.25, 0.3) is 0 Å². The van der Waals surface area contributed by atoms with Gasteiger partial charge in [-0.3, -0.25) is 4.79 Å². The van der Waals surface area contributed by atoms with E-state index in [0.29, 0.717) is 29.4 Å². The first-order chi connectivity index (χ1) is 11.3. The molecule has 6 heteroatoms. The summed E-state index contributed by atoms with van der Waals surface area (Å²) in [6, 6.07) is 11.0. The van der Waals surface area contributed by atoms with Gasteiger partial charge in [0.05, 0.1) is 12.7 Å². The number of carbonyl (C=O) groups is 1. The number of ether oxygens (including phenoxy) is 4. The Hall–Kier alpha value is -2.89. The largest absolute Gasteiger partial charge is 0.493 e. The van der Waals surface area contributed by atoms with Crippen molar-refractivity contribution in [1.82, 2.24) is 4.90 Å². The van der Waals surface area contributed by atoms with Gasteiger partial charge in [0.1, 0.15) is 0 Å². The van der Waals surface area contributed by atoms with E-state index in [2.05, 4.69) is 0 Å². The molecule has 0 radical (unpaired) electrons. The predicted octanol–water partition coefficient (Wildman–Crippen LogP) is 2.42. The highest BCUT2D eigenvalue weighted by Gasteiger charge is 2.28. The normalized spacial score (nSPS) is 15.2. The molecule has 0 aliphatic carbocycles. The standard InChI is InChI=1S/C17H15NO5/c1-20-14-4-2-3-12-16(14)21-9-18(17(12)19)8-11-5-6-13-15(7-11)23-10-22-13/h2-7H,8-10H2,1H3. The first kappa shape index (κ1) is 13.8. The minimum Gasteiger partial charge on any atom is -0.493 e. The average Bonchev–Trinajstić information content (AvgIpc) is 3.04. The average molecular weight is 313 g/mol. The summed E-state index contributed by atoms with van der Waals surface area (Å²) in [7, 11) is 1.56. The Morgan fingerprint density at radius 2 is 2.00 bits per heavy atom. The van der Waals surface area contributed by atoms with Gasteiger partial charge in [-0.15, -0.1) is 0 Å². The van der Waals surface area contributed by atoms with Crippen molar-refractivity contribution in [1.29, 1.82) is 0 Å². The fourth-order valence-corrected chi connectivity index (χ4v) is 2.74. The number of fused-ring (bicyclic) bond motifs is 2. The van der Waals surface area contributed by atoms with Gasteiger partial charge >= 0.3 is 0 Å². The summed E-state index contributed by atoms with van der Waals surface area (Å²) < 4.78 is 21.6. The highest BCUT2D eigenvalue weighted by Crippen LogP contribution is 2.36. The summed E-state index contributed by atoms with van der Waals surface area (Å²) in [6.45, 7) is 0.852. The number of para-hydroxylation sites is 1. The Bertz CT molecular complexity index is 774. The fourth-order valence-electron chi connectivity index (χ4n) is 2.74. The highest BCUT2D eigenvalue weighted by molar-refractivity contribution is 5.98. The monoisotopic (exact) mass is 313 g/mol. The molecule has 0 saturated carbocycles. The number of nitrogens with zero attached hydrogens (tertiary/aromatic N) is 1. The summed E-state index contributed by atoms with van der Waals surface area (Å²) in [5.41, 5.74) is 1.47. The van der Waals surface area contributed by atoms with Crippen LogP contribution in [0.15, 0.2) is 36.4 Å². The maximum atomic E-state index is 12.7. The minimum atomic E-state index is -0.0807. The van der Waals surface area contributed by atoms with Crippen molar-refractivity contribution in [3.05, 3.63) is 47.5 Å². The molecule has 2 aromatic rings. The third kappa shape index (κ3) is 2.32. The van der Waals surface area contributed by atoms with Gasteiger partial charge in [-0.1, -0.05) is 12.1 Å². The topological polar surface area (TPSA) is 57.2 Å². The van der Waals surface area contributed by atoms with Crippen molar-refractivity contribution in [3.8, 4) is 23.0 Å². The van der Waals surface area contributed by atoms with Crippen LogP contribution in [0.1, 0.15) is 15.9 Å². The molecule has 0 N–H and O–H groups in total. The van der Waals surface area contributed by atoms with E-state index < -0.39 is 0 Å². The molecule has 23 heavy (non-hydrogen) atoms. The molecule has 0 aromatic heterocycles. The lowest BCUT2D eigenvalue weighted by Crippen LogP contribution is -2.38. The number of amides is 1. The van der Waals surface area contributed by atoms with E-state index in [1.807, 2.05) is 18.2 Å². The smallest absolute Gasteiger partial charge is 0.260 e. The molecule has 0 bridgehead atoms. The molecular formula is C17H15NO5. The van der Waals surface area contributed by atoms with E-state index in [1.165, 1.54) is 0 Å². The first-order valence-corrected chi connectivity index (χ1v) is 7.24. The molecule has 2 aromatic carbocycles. The second-order valence-corrected chi connectivity index (χ2v) is 5.30. The van der Waals surface area contributed by atoms with Crippen LogP contribution in [0.5, 0.6) is 23.0 Å². The van der Waals surface area contributed by atoms with Gasteiger partial charge < -0.3 is 23.8 Å². The van der Waals surface area contributed by atoms with Crippen molar-refractivity contribution in [2.45, 2.75) is 6.54 Å². The number of rotatable bonds is 3. The SMILES string of the molecule is COc1cccc2c1OCN(Cc1ccc3c(c1)OCO3)C2=O. The van der Waals surface area contributed by atoms with Gasteiger partial charge in [0, 0.05) is 6.54 Å². The maximum absolute atomic E-state index is 12.7. The zero-order valence-corrected chi connectivity index (χ0v) is 12.6. The molecular weight excluding hydrogens is 298 g/mol. The lowest BCUT2D eigenvalue weighted by Gasteiger charge is -2.29. The number of methoxy groups -OCH3 is 1. The first-order valence-electron chi connectivity index (χ1n) is 7.24. The summed E-state index contributed by atoms with van der Waals surface area (Å²) in [5, 5.41) is 0. The van der Waals surface area contributed by atoms with Crippen LogP contribution < -0.4 is 18.9 Å². The van der Waals surface area contributed by atoms with Crippen LogP contribution in [-0.2, 0) is 6.54 Å². The molecule has 0 spiro atoms. The minimum absolute atomic E-state index is 0.0807. The van der Waals surface area contributed by atoms with E-state index in [-0.39, 0.29) is 19.4 Å². The van der Waals surface area contributed by atoms with E-state index in [1.54, 1.807) is 30.2 Å². The van der Waals surface area contributed by atoms with Crippen molar-refractivity contribution < 1.29 is 23.7 Å². The summed E-state index contributed by atoms with van der Waals surface area (Å²) in [6.07, 6.45) is 0. The summed E-state index contributed by atoms with van der Waals surface area (Å²) >= 11 is 0. The summed E-state index contributed by atoms with van der Waals surface area (Å²) in [5.74, 6) is 2.42. The molecule has 1 amide bonds. The molecule has 2 aliphatic heterocycles. The van der Waals surface area contributed by atoms with Crippen LogP contribution in [0, 0.1) is 0 Å². The Labute approximate surface area is 133 Å². The predicted molar refractivity (Wildman–Crippen MR) is 80.9 cm³/mol. The van der Waals surface area contributed by atoms with E-state index in [9.17, 15) is 4.79 Å². The molecule has 4 rings (SSSR count). The van der Waals surface area contributed by atoms with Crippen molar-refractivity contribution in [2.24, 2.45) is 0 Å². The second-order valence-electron chi connectivity index (χ2n) is 5.30. The van der Waals surface area contributed by atoms with Crippen LogP contribution in [0.3, 0.4) is 0 Å². The zero-order chi connectivity index (χ0) is 15.8. The third-order valence-corrected chi connectivity index (χ3v) is 3.89. The number of benzene rings is 2. The quantitative estimate of drug-likeness (QED) is 0.871. The van der Waals surface area contributed by atoms with Crippen LogP contribution in [0.2, 0.25) is 0 Å². The maximum Gasteiger partial charge on any atom is 0.260 e. The van der Waals surface area contributed by atoms with Gasteiger partial charge in [-0.2, -0.15) is 0 Å². The van der Waals surface area contributed by atoms with Gasteiger partial charge in [0.2, 0.25) is 6.79 Å². The number of hydrogen-bond acceptors (Lipinski definition) is 5. The van der Waals surface area contributed by atoms with Crippen LogP contribution in [-0.4, -0.2) is 31.4 Å². The van der Waals surface area contributed by atoms with Gasteiger partial charge in [0.25, 0.3) is 5.91 Å². The molecule has 0 atom stereocenters. The molecule has 0 saturated heterocycles. The zero-order valence-electron chi connectivity index (χ0n) is 12.6. The lowest BCUT2D eigenvalue weighted by molar-refractivity contribution is 0.0490. The third-order valence-electron chi connectivity index (χ3n) is 3.89. The van der Waals surface area contributed by atoms with Crippen molar-refractivity contribution >= 4 is 5.91 Å². The van der Waals surface area contributed by atoms with E-state index >= 15 is 0 Å². The van der Waals surface area contributed by atoms with Crippen molar-refractivity contribution in [3.63, 3.8) is 0 Å². The Balaban J connectivity index is 1.58. The lowest BCUT2D eigenvalue weighted by atomic mass is 10.1. The van der Waals surface area contributed by atoms with Gasteiger partial charge in [-0.05, 0) is 29.8 Å². The Kier molecular flexibility index (Phi) is 3.22. The van der Waals surface area contributed by atoms with Gasteiger partial charge in [0.15, 0.2) is 29.7 Å². The summed E-state index contributed by atoms with van der Waals surface area (Å²) in [4.78, 5) is 14.3.